The molecule has 1 saturated carbocycles. The van der Waals surface area contributed by atoms with Gasteiger partial charge in [-0.2, -0.15) is 23.4 Å². The lowest BCUT2D eigenvalue weighted by atomic mass is 9.95. The van der Waals surface area contributed by atoms with E-state index >= 15 is 0 Å². The van der Waals surface area contributed by atoms with Gasteiger partial charge in [0.25, 0.3) is 5.91 Å². The van der Waals surface area contributed by atoms with Crippen molar-refractivity contribution < 1.29 is 18.0 Å². The smallest absolute Gasteiger partial charge is 0.338 e. The zero-order valence-electron chi connectivity index (χ0n) is 17.3. The summed E-state index contributed by atoms with van der Waals surface area (Å²) in [7, 11) is 0. The normalized spacial score (nSPS) is 17.5. The zero-order valence-corrected chi connectivity index (χ0v) is 18.9. The Morgan fingerprint density at radius 3 is 2.55 bits per heavy atom. The molecule has 5 rings (SSSR count). The quantitative estimate of drug-likeness (QED) is 0.507. The van der Waals surface area contributed by atoms with E-state index in [0.29, 0.717) is 36.7 Å². The summed E-state index contributed by atoms with van der Waals surface area (Å²) in [4.78, 5) is 14.6. The van der Waals surface area contributed by atoms with Crippen molar-refractivity contribution in [1.82, 2.24) is 29.4 Å². The molecule has 0 bridgehead atoms. The summed E-state index contributed by atoms with van der Waals surface area (Å²) in [5, 5.41) is 11.4. The van der Waals surface area contributed by atoms with Gasteiger partial charge in [-0.3, -0.25) is 9.89 Å². The van der Waals surface area contributed by atoms with Crippen LogP contribution in [0.5, 0.6) is 0 Å². The number of carbonyl (C=O) groups excluding carboxylic acids is 1. The number of rotatable bonds is 4. The Morgan fingerprint density at radius 2 is 1.91 bits per heavy atom. The van der Waals surface area contributed by atoms with Gasteiger partial charge in [0.2, 0.25) is 0 Å². The van der Waals surface area contributed by atoms with Crippen LogP contribution in [0.25, 0.3) is 5.69 Å². The first kappa shape index (κ1) is 22.1. The average Bonchev–Trinajstić information content (AvgIpc) is 3.37. The van der Waals surface area contributed by atoms with Gasteiger partial charge < -0.3 is 9.47 Å². The second-order valence-corrected chi connectivity index (χ2v) is 9.17. The Kier molecular flexibility index (Phi) is 5.56. The van der Waals surface area contributed by atoms with Crippen molar-refractivity contribution in [2.75, 3.05) is 13.1 Å². The lowest BCUT2D eigenvalue weighted by molar-refractivity contribution is -0.143. The van der Waals surface area contributed by atoms with Crippen LogP contribution in [0.1, 0.15) is 59.5 Å². The largest absolute Gasteiger partial charge is 0.434 e. The molecule has 2 fully saturated rings. The van der Waals surface area contributed by atoms with Gasteiger partial charge in [-0.15, -0.1) is 0 Å². The van der Waals surface area contributed by atoms with Gasteiger partial charge in [0, 0.05) is 30.1 Å². The molecule has 33 heavy (non-hydrogen) atoms. The third-order valence-corrected chi connectivity index (χ3v) is 6.64. The minimum Gasteiger partial charge on any atom is -0.338 e. The molecule has 7 nitrogen and oxygen atoms in total. The Bertz CT molecular complexity index is 1250. The molecule has 0 radical (unpaired) electrons. The summed E-state index contributed by atoms with van der Waals surface area (Å²) in [5.41, 5.74) is -1.44. The van der Waals surface area contributed by atoms with Crippen LogP contribution in [0, 0.1) is 4.77 Å². The number of piperidine rings is 1. The third kappa shape index (κ3) is 4.19. The standard InChI is InChI=1S/C21H20ClF3N6OS/c22-13-2-1-3-15(10-13)31-17(21(23,24)25)16(11-26-31)19(32)29-8-6-12(7-9-29)18-27-28-20(33)30(18)14-4-5-14/h1-3,10-12,14H,4-9H2,(H,28,33). The van der Waals surface area contributed by atoms with E-state index in [0.717, 1.165) is 29.5 Å². The second-order valence-electron chi connectivity index (χ2n) is 8.35. The number of halogens is 4. The van der Waals surface area contributed by atoms with Crippen LogP contribution in [-0.4, -0.2) is 48.4 Å². The Morgan fingerprint density at radius 1 is 1.18 bits per heavy atom. The average molecular weight is 497 g/mol. The van der Waals surface area contributed by atoms with Crippen LogP contribution in [0.2, 0.25) is 5.02 Å². The van der Waals surface area contributed by atoms with Crippen molar-refractivity contribution in [1.29, 1.82) is 0 Å². The predicted molar refractivity (Wildman–Crippen MR) is 117 cm³/mol. The molecule has 2 aliphatic rings. The van der Waals surface area contributed by atoms with Gasteiger partial charge in [0.05, 0.1) is 17.4 Å². The van der Waals surface area contributed by atoms with E-state index in [-0.39, 0.29) is 16.6 Å². The van der Waals surface area contributed by atoms with Gasteiger partial charge in [0.1, 0.15) is 5.82 Å². The summed E-state index contributed by atoms with van der Waals surface area (Å²) < 4.78 is 45.3. The molecule has 174 valence electrons. The predicted octanol–water partition coefficient (Wildman–Crippen LogP) is 5.15. The van der Waals surface area contributed by atoms with Crippen molar-refractivity contribution in [3.63, 3.8) is 0 Å². The highest BCUT2D eigenvalue weighted by Crippen LogP contribution is 2.39. The lowest BCUT2D eigenvalue weighted by Crippen LogP contribution is -2.39. The number of hydrogen-bond donors (Lipinski definition) is 1. The number of amides is 1. The molecule has 1 aliphatic heterocycles. The summed E-state index contributed by atoms with van der Waals surface area (Å²) in [6.07, 6.45) is -0.461. The first-order chi connectivity index (χ1) is 15.7. The number of nitrogens with one attached hydrogen (secondary N) is 1. The molecule has 1 N–H and O–H groups in total. The van der Waals surface area contributed by atoms with Crippen LogP contribution in [0.15, 0.2) is 30.5 Å². The van der Waals surface area contributed by atoms with Crippen molar-refractivity contribution in [3.05, 3.63) is 57.3 Å². The van der Waals surface area contributed by atoms with Gasteiger partial charge in [-0.05, 0) is 56.1 Å². The second kappa shape index (κ2) is 8.28. The highest BCUT2D eigenvalue weighted by atomic mass is 35.5. The van der Waals surface area contributed by atoms with E-state index in [1.807, 2.05) is 4.57 Å². The maximum atomic E-state index is 14.0. The number of hydrogen-bond acceptors (Lipinski definition) is 4. The Hall–Kier alpha value is -2.66. The molecule has 1 aliphatic carbocycles. The van der Waals surface area contributed by atoms with Crippen molar-refractivity contribution in [2.24, 2.45) is 0 Å². The third-order valence-electron chi connectivity index (χ3n) is 6.11. The highest BCUT2D eigenvalue weighted by Gasteiger charge is 2.42. The van der Waals surface area contributed by atoms with Crippen molar-refractivity contribution in [3.8, 4) is 5.69 Å². The number of nitrogens with zero attached hydrogens (tertiary/aromatic N) is 5. The zero-order chi connectivity index (χ0) is 23.3. The van der Waals surface area contributed by atoms with Gasteiger partial charge >= 0.3 is 6.18 Å². The fourth-order valence-electron chi connectivity index (χ4n) is 4.38. The molecule has 0 unspecified atom stereocenters. The van der Waals surface area contributed by atoms with Crippen LogP contribution in [0.3, 0.4) is 0 Å². The minimum atomic E-state index is -4.77. The topological polar surface area (TPSA) is 71.7 Å². The molecule has 0 spiro atoms. The number of likely N-dealkylation sites (tertiary alicyclic amines) is 1. The van der Waals surface area contributed by atoms with Crippen molar-refractivity contribution in [2.45, 2.75) is 43.8 Å². The molecule has 2 aromatic heterocycles. The number of carbonyl (C=O) groups is 1. The van der Waals surface area contributed by atoms with E-state index in [4.69, 9.17) is 23.8 Å². The highest BCUT2D eigenvalue weighted by molar-refractivity contribution is 7.71. The van der Waals surface area contributed by atoms with E-state index in [1.165, 1.54) is 23.1 Å². The lowest BCUT2D eigenvalue weighted by Gasteiger charge is -2.31. The summed E-state index contributed by atoms with van der Waals surface area (Å²) in [6, 6.07) is 6.29. The molecule has 0 atom stereocenters. The molecule has 1 amide bonds. The van der Waals surface area contributed by atoms with E-state index in [9.17, 15) is 18.0 Å². The summed E-state index contributed by atoms with van der Waals surface area (Å²) >= 11 is 11.3. The summed E-state index contributed by atoms with van der Waals surface area (Å²) in [5.74, 6) is 0.285. The first-order valence-corrected chi connectivity index (χ1v) is 11.4. The fraction of sp³-hybridized carbons (Fsp3) is 0.429. The molecule has 1 aromatic carbocycles. The maximum Gasteiger partial charge on any atom is 0.434 e. The molecular formula is C21H20ClF3N6OS. The monoisotopic (exact) mass is 496 g/mol. The first-order valence-electron chi connectivity index (χ1n) is 10.6. The Balaban J connectivity index is 1.38. The summed E-state index contributed by atoms with van der Waals surface area (Å²) in [6.45, 7) is 0.654. The Labute approximate surface area is 197 Å². The van der Waals surface area contributed by atoms with Gasteiger partial charge in [0.15, 0.2) is 10.5 Å². The number of aromatic nitrogens is 5. The maximum absolute atomic E-state index is 14.0. The minimum absolute atomic E-state index is 0.0962. The van der Waals surface area contributed by atoms with E-state index in [2.05, 4.69) is 15.3 Å². The molecular weight excluding hydrogens is 477 g/mol. The van der Waals surface area contributed by atoms with Crippen LogP contribution in [0.4, 0.5) is 13.2 Å². The molecule has 12 heteroatoms. The van der Waals surface area contributed by atoms with Crippen LogP contribution in [-0.2, 0) is 6.18 Å². The molecule has 3 heterocycles. The van der Waals surface area contributed by atoms with E-state index in [1.54, 1.807) is 6.07 Å². The number of benzene rings is 1. The van der Waals surface area contributed by atoms with Crippen LogP contribution < -0.4 is 0 Å². The van der Waals surface area contributed by atoms with Gasteiger partial charge in [-0.25, -0.2) is 4.68 Å². The number of aromatic amines is 1. The van der Waals surface area contributed by atoms with Gasteiger partial charge in [-0.1, -0.05) is 17.7 Å². The number of alkyl halides is 3. The molecule has 1 saturated heterocycles. The SMILES string of the molecule is O=C(c1cnn(-c2cccc(Cl)c2)c1C(F)(F)F)N1CCC(c2n[nH]c(=S)n2C2CC2)CC1. The number of H-pyrrole nitrogens is 1. The van der Waals surface area contributed by atoms with Crippen molar-refractivity contribution >= 4 is 29.7 Å². The fourth-order valence-corrected chi connectivity index (χ4v) is 4.86. The van der Waals surface area contributed by atoms with E-state index < -0.39 is 23.3 Å². The molecule has 3 aromatic rings. The van der Waals surface area contributed by atoms with Crippen LogP contribution >= 0.6 is 23.8 Å².